The molecule has 12 heavy (non-hydrogen) atoms. The highest BCUT2D eigenvalue weighted by molar-refractivity contribution is 5.89. The van der Waals surface area contributed by atoms with Gasteiger partial charge in [-0.3, -0.25) is 9.59 Å². The van der Waals surface area contributed by atoms with Crippen molar-refractivity contribution in [2.24, 2.45) is 5.41 Å². The van der Waals surface area contributed by atoms with Crippen LogP contribution in [0.15, 0.2) is 0 Å². The fourth-order valence-corrected chi connectivity index (χ4v) is 2.35. The molecule has 0 aromatic carbocycles. The van der Waals surface area contributed by atoms with Gasteiger partial charge >= 0.3 is 11.9 Å². The van der Waals surface area contributed by atoms with Gasteiger partial charge < -0.3 is 4.74 Å². The largest absolute Gasteiger partial charge is 0.393 e. The highest BCUT2D eigenvalue weighted by Gasteiger charge is 2.42. The van der Waals surface area contributed by atoms with Crippen LogP contribution in [0.2, 0.25) is 0 Å². The van der Waals surface area contributed by atoms with Crippen molar-refractivity contribution in [2.75, 3.05) is 0 Å². The molecule has 2 rings (SSSR count). The van der Waals surface area contributed by atoms with Crippen LogP contribution in [-0.2, 0) is 14.3 Å². The average Bonchev–Trinajstić information content (AvgIpc) is 2.33. The normalized spacial score (nSPS) is 27.7. The molecular formula is C9H12O3. The van der Waals surface area contributed by atoms with Crippen LogP contribution in [0.25, 0.3) is 0 Å². The third-order valence-corrected chi connectivity index (χ3v) is 2.93. The van der Waals surface area contributed by atoms with Crippen LogP contribution >= 0.6 is 0 Å². The minimum atomic E-state index is -0.326. The van der Waals surface area contributed by atoms with Gasteiger partial charge in [-0.1, -0.05) is 12.8 Å². The Hall–Kier alpha value is -0.860. The van der Waals surface area contributed by atoms with Crippen LogP contribution in [0.5, 0.6) is 0 Å². The highest BCUT2D eigenvalue weighted by Crippen LogP contribution is 2.46. The first-order valence-electron chi connectivity index (χ1n) is 4.44. The van der Waals surface area contributed by atoms with Gasteiger partial charge in [-0.25, -0.2) is 0 Å². The smallest absolute Gasteiger partial charge is 0.314 e. The third kappa shape index (κ3) is 1.24. The van der Waals surface area contributed by atoms with E-state index < -0.39 is 0 Å². The first kappa shape index (κ1) is 7.77. The lowest BCUT2D eigenvalue weighted by atomic mass is 9.78. The van der Waals surface area contributed by atoms with Crippen LogP contribution < -0.4 is 0 Å². The van der Waals surface area contributed by atoms with Crippen molar-refractivity contribution in [1.29, 1.82) is 0 Å². The fraction of sp³-hybridized carbons (Fsp3) is 0.778. The topological polar surface area (TPSA) is 43.4 Å². The summed E-state index contributed by atoms with van der Waals surface area (Å²) < 4.78 is 4.50. The molecule has 1 saturated heterocycles. The second-order valence-corrected chi connectivity index (χ2v) is 3.91. The Labute approximate surface area is 71.1 Å². The van der Waals surface area contributed by atoms with Crippen LogP contribution in [0.1, 0.15) is 38.5 Å². The van der Waals surface area contributed by atoms with Crippen molar-refractivity contribution in [1.82, 2.24) is 0 Å². The van der Waals surface area contributed by atoms with E-state index in [1.807, 2.05) is 0 Å². The lowest BCUT2D eigenvalue weighted by Crippen LogP contribution is -2.33. The Kier molecular flexibility index (Phi) is 1.67. The van der Waals surface area contributed by atoms with E-state index in [1.165, 1.54) is 0 Å². The van der Waals surface area contributed by atoms with E-state index in [2.05, 4.69) is 4.74 Å². The number of hydrogen-bond donors (Lipinski definition) is 0. The van der Waals surface area contributed by atoms with Gasteiger partial charge in [0.15, 0.2) is 0 Å². The fourth-order valence-electron chi connectivity index (χ4n) is 2.35. The average molecular weight is 168 g/mol. The van der Waals surface area contributed by atoms with Gasteiger partial charge in [0.1, 0.15) is 0 Å². The number of esters is 2. The van der Waals surface area contributed by atoms with E-state index in [4.69, 9.17) is 0 Å². The van der Waals surface area contributed by atoms with Gasteiger partial charge in [-0.15, -0.1) is 0 Å². The summed E-state index contributed by atoms with van der Waals surface area (Å²) in [6, 6.07) is 0. The summed E-state index contributed by atoms with van der Waals surface area (Å²) in [6.07, 6.45) is 5.26. The maximum absolute atomic E-state index is 11.0. The van der Waals surface area contributed by atoms with Gasteiger partial charge in [0.2, 0.25) is 0 Å². The summed E-state index contributed by atoms with van der Waals surface area (Å²) in [6.45, 7) is 0. The number of hydrogen-bond acceptors (Lipinski definition) is 3. The lowest BCUT2D eigenvalue weighted by Gasteiger charge is -2.30. The summed E-state index contributed by atoms with van der Waals surface area (Å²) in [4.78, 5) is 22.0. The van der Waals surface area contributed by atoms with Crippen molar-refractivity contribution >= 4 is 11.9 Å². The Morgan fingerprint density at radius 3 is 2.00 bits per heavy atom. The van der Waals surface area contributed by atoms with E-state index in [-0.39, 0.29) is 17.4 Å². The molecule has 0 amide bonds. The zero-order valence-electron chi connectivity index (χ0n) is 6.97. The zero-order chi connectivity index (χ0) is 8.60. The minimum absolute atomic E-state index is 0.00752. The highest BCUT2D eigenvalue weighted by atomic mass is 16.6. The molecule has 1 aliphatic carbocycles. The minimum Gasteiger partial charge on any atom is -0.393 e. The first-order valence-corrected chi connectivity index (χ1v) is 4.44. The molecule has 0 atom stereocenters. The van der Waals surface area contributed by atoms with Gasteiger partial charge in [0, 0.05) is 0 Å². The molecule has 2 aliphatic rings. The van der Waals surface area contributed by atoms with Crippen molar-refractivity contribution in [2.45, 2.75) is 38.5 Å². The molecular weight excluding hydrogens is 156 g/mol. The van der Waals surface area contributed by atoms with Gasteiger partial charge in [0.05, 0.1) is 12.8 Å². The van der Waals surface area contributed by atoms with Gasteiger partial charge in [-0.2, -0.15) is 0 Å². The number of cyclic esters (lactones) is 2. The van der Waals surface area contributed by atoms with Crippen LogP contribution in [0, 0.1) is 5.41 Å². The molecule has 2 fully saturated rings. The molecule has 0 radical (unpaired) electrons. The molecule has 0 unspecified atom stereocenters. The second kappa shape index (κ2) is 2.57. The molecule has 1 spiro atoms. The van der Waals surface area contributed by atoms with Gasteiger partial charge in [0.25, 0.3) is 0 Å². The summed E-state index contributed by atoms with van der Waals surface area (Å²) in [5, 5.41) is 0. The third-order valence-electron chi connectivity index (χ3n) is 2.93. The Bertz CT molecular complexity index is 208. The molecule has 3 nitrogen and oxygen atoms in total. The van der Waals surface area contributed by atoms with E-state index in [0.717, 1.165) is 25.7 Å². The van der Waals surface area contributed by atoms with Crippen molar-refractivity contribution in [3.63, 3.8) is 0 Å². The molecule has 66 valence electrons. The van der Waals surface area contributed by atoms with Crippen molar-refractivity contribution < 1.29 is 14.3 Å². The molecule has 0 N–H and O–H groups in total. The number of carbonyl (C=O) groups excluding carboxylic acids is 2. The van der Waals surface area contributed by atoms with Gasteiger partial charge in [-0.05, 0) is 18.3 Å². The monoisotopic (exact) mass is 168 g/mol. The maximum atomic E-state index is 11.0. The summed E-state index contributed by atoms with van der Waals surface area (Å²) in [5.41, 5.74) is -0.00752. The molecule has 0 bridgehead atoms. The standard InChI is InChI=1S/C9H12O3/c10-7-5-9(3-1-2-4-9)6-8(11)12-7/h1-6H2. The van der Waals surface area contributed by atoms with E-state index in [0.29, 0.717) is 12.8 Å². The summed E-state index contributed by atoms with van der Waals surface area (Å²) >= 11 is 0. The van der Waals surface area contributed by atoms with E-state index in [9.17, 15) is 9.59 Å². The van der Waals surface area contributed by atoms with E-state index >= 15 is 0 Å². The predicted octanol–water partition coefficient (Wildman–Crippen LogP) is 1.41. The predicted molar refractivity (Wildman–Crippen MR) is 41.2 cm³/mol. The molecule has 0 aromatic heterocycles. The van der Waals surface area contributed by atoms with Crippen LogP contribution in [0.3, 0.4) is 0 Å². The summed E-state index contributed by atoms with van der Waals surface area (Å²) in [7, 11) is 0. The van der Waals surface area contributed by atoms with Crippen LogP contribution in [0.4, 0.5) is 0 Å². The van der Waals surface area contributed by atoms with Crippen molar-refractivity contribution in [3.8, 4) is 0 Å². The SMILES string of the molecule is O=C1CC2(CCCC2)CC(=O)O1. The Morgan fingerprint density at radius 1 is 1.00 bits per heavy atom. The lowest BCUT2D eigenvalue weighted by molar-refractivity contribution is -0.169. The number of rotatable bonds is 0. The molecule has 0 aromatic rings. The second-order valence-electron chi connectivity index (χ2n) is 3.91. The molecule has 1 aliphatic heterocycles. The molecule has 3 heteroatoms. The molecule has 1 saturated carbocycles. The van der Waals surface area contributed by atoms with E-state index in [1.54, 1.807) is 0 Å². The maximum Gasteiger partial charge on any atom is 0.314 e. The zero-order valence-corrected chi connectivity index (χ0v) is 6.97. The quantitative estimate of drug-likeness (QED) is 0.405. The Morgan fingerprint density at radius 2 is 1.50 bits per heavy atom. The van der Waals surface area contributed by atoms with Crippen LogP contribution in [-0.4, -0.2) is 11.9 Å². The first-order chi connectivity index (χ1) is 5.70. The Balaban J connectivity index is 2.14. The summed E-state index contributed by atoms with van der Waals surface area (Å²) in [5.74, 6) is -0.652. The molecule has 1 heterocycles. The number of carbonyl (C=O) groups is 2. The number of ether oxygens (including phenoxy) is 1. The van der Waals surface area contributed by atoms with Crippen molar-refractivity contribution in [3.05, 3.63) is 0 Å².